The Labute approximate surface area is 438 Å². The van der Waals surface area contributed by atoms with Gasteiger partial charge in [0, 0.05) is 19.3 Å². The van der Waals surface area contributed by atoms with Gasteiger partial charge >= 0.3 is 17.9 Å². The summed E-state index contributed by atoms with van der Waals surface area (Å²) in [6.07, 6.45) is 79.3. The number of ether oxygens (including phenoxy) is 3. The molecular weight excluding hydrogens is 877 g/mol. The van der Waals surface area contributed by atoms with Crippen molar-refractivity contribution in [3.63, 3.8) is 0 Å². The summed E-state index contributed by atoms with van der Waals surface area (Å²) < 4.78 is 16.9. The van der Waals surface area contributed by atoms with Gasteiger partial charge in [-0.15, -0.1) is 0 Å². The minimum atomic E-state index is -0.796. The molecule has 0 spiro atoms. The van der Waals surface area contributed by atoms with E-state index >= 15 is 0 Å². The zero-order chi connectivity index (χ0) is 51.4. The fraction of sp³-hybridized carbons (Fsp3) is 0.677. The van der Waals surface area contributed by atoms with Gasteiger partial charge in [-0.1, -0.05) is 233 Å². The summed E-state index contributed by atoms with van der Waals surface area (Å²) in [5, 5.41) is 0. The van der Waals surface area contributed by atoms with Gasteiger partial charge < -0.3 is 14.2 Å². The molecular formula is C65H108O6. The second kappa shape index (κ2) is 58.6. The van der Waals surface area contributed by atoms with Gasteiger partial charge in [-0.3, -0.25) is 14.4 Å². The van der Waals surface area contributed by atoms with Crippen LogP contribution >= 0.6 is 0 Å². The molecule has 0 aliphatic carbocycles. The summed E-state index contributed by atoms with van der Waals surface area (Å²) in [7, 11) is 0. The Hall–Kier alpha value is -3.93. The fourth-order valence-electron chi connectivity index (χ4n) is 7.89. The van der Waals surface area contributed by atoms with Crippen molar-refractivity contribution in [2.45, 2.75) is 271 Å². The molecule has 0 saturated heterocycles. The molecule has 6 nitrogen and oxygen atoms in total. The van der Waals surface area contributed by atoms with E-state index in [-0.39, 0.29) is 31.1 Å². The largest absolute Gasteiger partial charge is 0.462 e. The van der Waals surface area contributed by atoms with Crippen LogP contribution in [0.1, 0.15) is 265 Å². The van der Waals surface area contributed by atoms with Crippen LogP contribution in [0.2, 0.25) is 0 Å². The molecule has 0 amide bonds. The first-order valence-electron chi connectivity index (χ1n) is 29.4. The molecule has 0 N–H and O–H groups in total. The molecule has 6 heteroatoms. The van der Waals surface area contributed by atoms with Crippen LogP contribution in [-0.2, 0) is 28.6 Å². The molecule has 0 bridgehead atoms. The Kier molecular flexibility index (Phi) is 55.4. The third kappa shape index (κ3) is 56.9. The Bertz CT molecular complexity index is 1460. The second-order valence-corrected chi connectivity index (χ2v) is 19.1. The number of carbonyl (C=O) groups excluding carboxylic acids is 3. The van der Waals surface area contributed by atoms with E-state index in [2.05, 4.69) is 130 Å². The van der Waals surface area contributed by atoms with Crippen LogP contribution in [-0.4, -0.2) is 37.2 Å². The van der Waals surface area contributed by atoms with Crippen LogP contribution in [0.15, 0.2) is 109 Å². The van der Waals surface area contributed by atoms with E-state index < -0.39 is 6.10 Å². The quantitative estimate of drug-likeness (QED) is 0.0261. The molecule has 0 aromatic rings. The maximum absolute atomic E-state index is 12.9. The highest BCUT2D eigenvalue weighted by Gasteiger charge is 2.19. The summed E-state index contributed by atoms with van der Waals surface area (Å²) in [6.45, 7) is 6.37. The van der Waals surface area contributed by atoms with E-state index in [0.717, 1.165) is 135 Å². The Balaban J connectivity index is 4.45. The highest BCUT2D eigenvalue weighted by atomic mass is 16.6. The third-order valence-electron chi connectivity index (χ3n) is 12.2. The summed E-state index contributed by atoms with van der Waals surface area (Å²) in [5.74, 6) is -0.921. The average molecular weight is 986 g/mol. The molecule has 0 saturated carbocycles. The lowest BCUT2D eigenvalue weighted by atomic mass is 10.1. The predicted molar refractivity (Wildman–Crippen MR) is 307 cm³/mol. The number of unbranched alkanes of at least 4 members (excludes halogenated alkanes) is 23. The van der Waals surface area contributed by atoms with Gasteiger partial charge in [0.1, 0.15) is 13.2 Å². The Morgan fingerprint density at radius 2 is 0.549 bits per heavy atom. The van der Waals surface area contributed by atoms with Crippen LogP contribution in [0.4, 0.5) is 0 Å². The van der Waals surface area contributed by atoms with Crippen LogP contribution in [0, 0.1) is 0 Å². The molecule has 71 heavy (non-hydrogen) atoms. The van der Waals surface area contributed by atoms with Crippen molar-refractivity contribution < 1.29 is 28.6 Å². The van der Waals surface area contributed by atoms with Gasteiger partial charge in [-0.25, -0.2) is 0 Å². The van der Waals surface area contributed by atoms with Crippen molar-refractivity contribution in [2.24, 2.45) is 0 Å². The molecule has 0 fully saturated rings. The Morgan fingerprint density at radius 3 is 0.859 bits per heavy atom. The monoisotopic (exact) mass is 985 g/mol. The zero-order valence-electron chi connectivity index (χ0n) is 46.2. The molecule has 0 aliphatic heterocycles. The number of carbonyl (C=O) groups is 3. The highest BCUT2D eigenvalue weighted by Crippen LogP contribution is 2.15. The molecule has 0 aliphatic rings. The van der Waals surface area contributed by atoms with Crippen molar-refractivity contribution in [1.29, 1.82) is 0 Å². The average Bonchev–Trinajstić information content (AvgIpc) is 3.37. The first-order valence-corrected chi connectivity index (χ1v) is 29.4. The summed E-state index contributed by atoms with van der Waals surface area (Å²) in [4.78, 5) is 38.2. The van der Waals surface area contributed by atoms with Gasteiger partial charge in [0.05, 0.1) is 0 Å². The van der Waals surface area contributed by atoms with E-state index in [1.807, 2.05) is 0 Å². The van der Waals surface area contributed by atoms with Gasteiger partial charge in [-0.2, -0.15) is 0 Å². The molecule has 0 heterocycles. The topological polar surface area (TPSA) is 78.9 Å². The van der Waals surface area contributed by atoms with Gasteiger partial charge in [0.25, 0.3) is 0 Å². The molecule has 0 rings (SSSR count). The van der Waals surface area contributed by atoms with Crippen LogP contribution in [0.5, 0.6) is 0 Å². The number of esters is 3. The lowest BCUT2D eigenvalue weighted by Crippen LogP contribution is -2.30. The number of rotatable bonds is 52. The minimum absolute atomic E-state index is 0.0923. The lowest BCUT2D eigenvalue weighted by Gasteiger charge is -2.18. The SMILES string of the molecule is CC/C=C\C/C=C\C/C=C\C/C=C\CCCCCCCCC(=O)OCC(COC(=O)CCCCCCCCC/C=C\C/C=C\CCCCC)OC(=O)CCCCCCCCC/C=C\C/C=C\C/C=C\CC. The van der Waals surface area contributed by atoms with Crippen molar-refractivity contribution in [3.8, 4) is 0 Å². The normalized spacial score (nSPS) is 12.9. The molecule has 0 radical (unpaired) electrons. The zero-order valence-corrected chi connectivity index (χ0v) is 46.2. The van der Waals surface area contributed by atoms with E-state index in [1.54, 1.807) is 0 Å². The maximum atomic E-state index is 12.9. The van der Waals surface area contributed by atoms with E-state index in [1.165, 1.54) is 89.9 Å². The molecule has 404 valence electrons. The van der Waals surface area contributed by atoms with E-state index in [0.29, 0.717) is 19.3 Å². The summed E-state index contributed by atoms with van der Waals surface area (Å²) >= 11 is 0. The number of hydrogen-bond donors (Lipinski definition) is 0. The smallest absolute Gasteiger partial charge is 0.306 e. The summed E-state index contributed by atoms with van der Waals surface area (Å²) in [6, 6.07) is 0. The van der Waals surface area contributed by atoms with Gasteiger partial charge in [0.2, 0.25) is 0 Å². The first kappa shape index (κ1) is 67.1. The third-order valence-corrected chi connectivity index (χ3v) is 12.2. The van der Waals surface area contributed by atoms with Crippen molar-refractivity contribution in [3.05, 3.63) is 109 Å². The molecule has 1 atom stereocenters. The minimum Gasteiger partial charge on any atom is -0.462 e. The number of allylic oxidation sites excluding steroid dienone is 18. The van der Waals surface area contributed by atoms with Crippen LogP contribution in [0.25, 0.3) is 0 Å². The van der Waals surface area contributed by atoms with Crippen molar-refractivity contribution in [1.82, 2.24) is 0 Å². The van der Waals surface area contributed by atoms with Crippen molar-refractivity contribution in [2.75, 3.05) is 13.2 Å². The van der Waals surface area contributed by atoms with Crippen molar-refractivity contribution >= 4 is 17.9 Å². The predicted octanol–water partition coefficient (Wildman–Crippen LogP) is 19.9. The lowest BCUT2D eigenvalue weighted by molar-refractivity contribution is -0.167. The fourth-order valence-corrected chi connectivity index (χ4v) is 7.89. The number of hydrogen-bond acceptors (Lipinski definition) is 6. The van der Waals surface area contributed by atoms with Gasteiger partial charge in [-0.05, 0) is 122 Å². The Morgan fingerprint density at radius 1 is 0.296 bits per heavy atom. The first-order chi connectivity index (χ1) is 35.0. The van der Waals surface area contributed by atoms with E-state index in [9.17, 15) is 14.4 Å². The van der Waals surface area contributed by atoms with Crippen LogP contribution < -0.4 is 0 Å². The maximum Gasteiger partial charge on any atom is 0.306 e. The molecule has 1 unspecified atom stereocenters. The standard InChI is InChI=1S/C65H108O6/c1-4-7-10-13-16-19-22-25-28-31-32-35-37-40-43-46-49-52-55-58-64(67)70-61-62(71-65(68)59-56-53-50-47-44-41-38-34-30-27-24-21-18-15-12-9-6-3)60-69-63(66)57-54-51-48-45-42-39-36-33-29-26-23-20-17-14-11-8-5-2/h7,9-10,12,16-21,25-30,32,35,62H,4-6,8,11,13-15,22-24,31,33-34,36-61H2,1-3H3/b10-7-,12-9-,19-16-,20-17-,21-18-,28-25-,29-26-,30-27-,35-32-. The molecule has 0 aromatic heterocycles. The second-order valence-electron chi connectivity index (χ2n) is 19.1. The highest BCUT2D eigenvalue weighted by molar-refractivity contribution is 5.71. The van der Waals surface area contributed by atoms with E-state index in [4.69, 9.17) is 14.2 Å². The van der Waals surface area contributed by atoms with Gasteiger partial charge in [0.15, 0.2) is 6.10 Å². The summed E-state index contributed by atoms with van der Waals surface area (Å²) in [5.41, 5.74) is 0. The van der Waals surface area contributed by atoms with Crippen LogP contribution in [0.3, 0.4) is 0 Å². The molecule has 0 aromatic carbocycles.